The lowest BCUT2D eigenvalue weighted by atomic mass is 10.1. The number of hydrogen-bond acceptors (Lipinski definition) is 3. The maximum atomic E-state index is 12.5. The van der Waals surface area contributed by atoms with Gasteiger partial charge >= 0.3 is 0 Å². The lowest BCUT2D eigenvalue weighted by Gasteiger charge is -2.23. The number of carbonyl (C=O) groups is 1. The SMILES string of the molecule is CS(=O)(=O)N(CC(=O)Nc1cccc(Br)c1)c1cccc2ccccc12. The predicted octanol–water partition coefficient (Wildman–Crippen LogP) is 4.01. The molecule has 0 bridgehead atoms. The van der Waals surface area contributed by atoms with Crippen molar-refractivity contribution in [2.75, 3.05) is 22.4 Å². The summed E-state index contributed by atoms with van der Waals surface area (Å²) < 4.78 is 26.7. The summed E-state index contributed by atoms with van der Waals surface area (Å²) in [7, 11) is -3.64. The van der Waals surface area contributed by atoms with Crippen molar-refractivity contribution in [3.8, 4) is 0 Å². The standard InChI is InChI=1S/C19H17BrN2O3S/c1-26(24,25)22(13-19(23)21-16-9-5-8-15(20)12-16)18-11-4-7-14-6-2-3-10-17(14)18/h2-12H,13H2,1H3,(H,21,23). The number of hydrogen-bond donors (Lipinski definition) is 1. The van der Waals surface area contributed by atoms with Gasteiger partial charge in [-0.2, -0.15) is 0 Å². The largest absolute Gasteiger partial charge is 0.324 e. The van der Waals surface area contributed by atoms with Crippen LogP contribution in [-0.4, -0.2) is 27.1 Å². The number of anilines is 2. The quantitative estimate of drug-likeness (QED) is 0.662. The average molecular weight is 433 g/mol. The van der Waals surface area contributed by atoms with Gasteiger partial charge in [0.1, 0.15) is 6.54 Å². The van der Waals surface area contributed by atoms with E-state index in [1.807, 2.05) is 36.4 Å². The predicted molar refractivity (Wildman–Crippen MR) is 109 cm³/mol. The second-order valence-electron chi connectivity index (χ2n) is 5.83. The Morgan fingerprint density at radius 1 is 1.04 bits per heavy atom. The lowest BCUT2D eigenvalue weighted by Crippen LogP contribution is -2.37. The van der Waals surface area contributed by atoms with Gasteiger partial charge in [-0.25, -0.2) is 8.42 Å². The highest BCUT2D eigenvalue weighted by atomic mass is 79.9. The average Bonchev–Trinajstić information content (AvgIpc) is 2.58. The van der Waals surface area contributed by atoms with Gasteiger partial charge in [0, 0.05) is 15.5 Å². The summed E-state index contributed by atoms with van der Waals surface area (Å²) in [6.45, 7) is -0.306. The van der Waals surface area contributed by atoms with Gasteiger partial charge in [-0.1, -0.05) is 58.4 Å². The van der Waals surface area contributed by atoms with Crippen molar-refractivity contribution >= 4 is 54.0 Å². The van der Waals surface area contributed by atoms with Gasteiger partial charge in [-0.15, -0.1) is 0 Å². The zero-order valence-electron chi connectivity index (χ0n) is 14.0. The van der Waals surface area contributed by atoms with Crippen LogP contribution in [0, 0.1) is 0 Å². The maximum Gasteiger partial charge on any atom is 0.245 e. The van der Waals surface area contributed by atoms with Gasteiger partial charge in [-0.3, -0.25) is 9.10 Å². The normalized spacial score (nSPS) is 11.3. The van der Waals surface area contributed by atoms with E-state index in [1.165, 1.54) is 0 Å². The van der Waals surface area contributed by atoms with Crippen LogP contribution >= 0.6 is 15.9 Å². The van der Waals surface area contributed by atoms with E-state index in [9.17, 15) is 13.2 Å². The van der Waals surface area contributed by atoms with Crippen LogP contribution in [0.1, 0.15) is 0 Å². The van der Waals surface area contributed by atoms with E-state index >= 15 is 0 Å². The molecule has 0 aromatic heterocycles. The zero-order valence-corrected chi connectivity index (χ0v) is 16.4. The number of amides is 1. The number of carbonyl (C=O) groups excluding carboxylic acids is 1. The number of nitrogens with one attached hydrogen (secondary N) is 1. The molecule has 26 heavy (non-hydrogen) atoms. The van der Waals surface area contributed by atoms with E-state index < -0.39 is 15.9 Å². The van der Waals surface area contributed by atoms with Gasteiger partial charge in [0.05, 0.1) is 11.9 Å². The smallest absolute Gasteiger partial charge is 0.245 e. The Morgan fingerprint density at radius 3 is 2.46 bits per heavy atom. The Balaban J connectivity index is 1.93. The first-order valence-corrected chi connectivity index (χ1v) is 10.5. The van der Waals surface area contributed by atoms with Crippen molar-refractivity contribution in [3.05, 3.63) is 71.2 Å². The fourth-order valence-corrected chi connectivity index (χ4v) is 3.97. The summed E-state index contributed by atoms with van der Waals surface area (Å²) >= 11 is 3.34. The Hall–Kier alpha value is -2.38. The van der Waals surface area contributed by atoms with E-state index in [2.05, 4.69) is 21.2 Å². The summed E-state index contributed by atoms with van der Waals surface area (Å²) in [5.74, 6) is -0.415. The molecule has 3 aromatic rings. The molecule has 0 unspecified atom stereocenters. The first kappa shape index (κ1) is 18.4. The highest BCUT2D eigenvalue weighted by molar-refractivity contribution is 9.10. The minimum Gasteiger partial charge on any atom is -0.324 e. The van der Waals surface area contributed by atoms with Gasteiger partial charge in [0.25, 0.3) is 0 Å². The Labute approximate surface area is 160 Å². The van der Waals surface area contributed by atoms with Gasteiger partial charge in [-0.05, 0) is 29.7 Å². The highest BCUT2D eigenvalue weighted by Crippen LogP contribution is 2.28. The molecule has 7 heteroatoms. The second kappa shape index (κ2) is 7.47. The maximum absolute atomic E-state index is 12.5. The summed E-state index contributed by atoms with van der Waals surface area (Å²) in [5, 5.41) is 4.41. The molecule has 1 amide bonds. The Kier molecular flexibility index (Phi) is 5.29. The molecule has 0 fully saturated rings. The van der Waals surface area contributed by atoms with Crippen molar-refractivity contribution in [1.29, 1.82) is 0 Å². The number of fused-ring (bicyclic) bond motifs is 1. The van der Waals surface area contributed by atoms with Crippen molar-refractivity contribution in [3.63, 3.8) is 0 Å². The summed E-state index contributed by atoms with van der Waals surface area (Å²) in [4.78, 5) is 12.5. The summed E-state index contributed by atoms with van der Waals surface area (Å²) in [6.07, 6.45) is 1.10. The molecule has 3 rings (SSSR count). The molecule has 0 aliphatic rings. The third kappa shape index (κ3) is 4.23. The molecule has 5 nitrogen and oxygen atoms in total. The highest BCUT2D eigenvalue weighted by Gasteiger charge is 2.22. The fourth-order valence-electron chi connectivity index (χ4n) is 2.70. The molecule has 134 valence electrons. The van der Waals surface area contributed by atoms with Crippen molar-refractivity contribution in [2.24, 2.45) is 0 Å². The Bertz CT molecular complexity index is 1060. The minimum atomic E-state index is -3.64. The topological polar surface area (TPSA) is 66.5 Å². The van der Waals surface area contributed by atoms with E-state index in [-0.39, 0.29) is 6.54 Å². The lowest BCUT2D eigenvalue weighted by molar-refractivity contribution is -0.114. The van der Waals surface area contributed by atoms with Crippen LogP contribution in [0.5, 0.6) is 0 Å². The zero-order chi connectivity index (χ0) is 18.7. The fraction of sp³-hybridized carbons (Fsp3) is 0.105. The van der Waals surface area contributed by atoms with E-state index in [0.29, 0.717) is 11.4 Å². The van der Waals surface area contributed by atoms with Crippen molar-refractivity contribution < 1.29 is 13.2 Å². The molecule has 1 N–H and O–H groups in total. The Morgan fingerprint density at radius 2 is 1.73 bits per heavy atom. The van der Waals surface area contributed by atoms with Crippen LogP contribution in [0.2, 0.25) is 0 Å². The summed E-state index contributed by atoms with van der Waals surface area (Å²) in [5.41, 5.74) is 1.07. The number of nitrogens with zero attached hydrogens (tertiary/aromatic N) is 1. The van der Waals surface area contributed by atoms with Crippen LogP contribution in [0.4, 0.5) is 11.4 Å². The molecule has 0 saturated heterocycles. The molecule has 3 aromatic carbocycles. The van der Waals surface area contributed by atoms with Crippen LogP contribution in [0.25, 0.3) is 10.8 Å². The molecule has 0 radical (unpaired) electrons. The number of benzene rings is 3. The van der Waals surface area contributed by atoms with E-state index in [1.54, 1.807) is 30.3 Å². The molecule has 0 heterocycles. The van der Waals surface area contributed by atoms with Crippen LogP contribution in [0.15, 0.2) is 71.2 Å². The minimum absolute atomic E-state index is 0.306. The summed E-state index contributed by atoms with van der Waals surface area (Å²) in [6, 6.07) is 20.0. The van der Waals surface area contributed by atoms with Crippen molar-refractivity contribution in [2.45, 2.75) is 0 Å². The van der Waals surface area contributed by atoms with E-state index in [0.717, 1.165) is 25.8 Å². The van der Waals surface area contributed by atoms with Gasteiger partial charge in [0.2, 0.25) is 15.9 Å². The molecule has 0 atom stereocenters. The molecule has 0 saturated carbocycles. The third-order valence-electron chi connectivity index (χ3n) is 3.83. The molecule has 0 aliphatic heterocycles. The third-order valence-corrected chi connectivity index (χ3v) is 5.45. The van der Waals surface area contributed by atoms with Gasteiger partial charge < -0.3 is 5.32 Å². The van der Waals surface area contributed by atoms with E-state index in [4.69, 9.17) is 0 Å². The molecule has 0 spiro atoms. The molecular weight excluding hydrogens is 416 g/mol. The number of rotatable bonds is 5. The second-order valence-corrected chi connectivity index (χ2v) is 8.65. The van der Waals surface area contributed by atoms with Crippen LogP contribution in [0.3, 0.4) is 0 Å². The van der Waals surface area contributed by atoms with Crippen LogP contribution < -0.4 is 9.62 Å². The van der Waals surface area contributed by atoms with Gasteiger partial charge in [0.15, 0.2) is 0 Å². The first-order valence-electron chi connectivity index (χ1n) is 7.85. The molecular formula is C19H17BrN2O3S. The van der Waals surface area contributed by atoms with Crippen molar-refractivity contribution in [1.82, 2.24) is 0 Å². The first-order chi connectivity index (χ1) is 12.3. The number of sulfonamides is 1. The molecule has 0 aliphatic carbocycles. The number of halogens is 1. The van der Waals surface area contributed by atoms with Crippen LogP contribution in [-0.2, 0) is 14.8 Å². The monoisotopic (exact) mass is 432 g/mol.